The van der Waals surface area contributed by atoms with Crippen LogP contribution in [0.2, 0.25) is 0 Å². The number of benzene rings is 1. The number of hydrazine groups is 1. The zero-order chi connectivity index (χ0) is 18.8. The number of rotatable bonds is 5. The van der Waals surface area contributed by atoms with Crippen molar-refractivity contribution in [3.05, 3.63) is 29.8 Å². The Kier molecular flexibility index (Phi) is 5.69. The molecule has 1 aliphatic heterocycles. The van der Waals surface area contributed by atoms with E-state index in [9.17, 15) is 21.6 Å². The van der Waals surface area contributed by atoms with E-state index in [1.807, 2.05) is 12.1 Å². The predicted octanol–water partition coefficient (Wildman–Crippen LogP) is 1.48. The maximum absolute atomic E-state index is 12.3. The van der Waals surface area contributed by atoms with Crippen LogP contribution in [0.4, 0.5) is 0 Å². The lowest BCUT2D eigenvalue weighted by atomic mass is 9.84. The first kappa shape index (κ1) is 19.3. The quantitative estimate of drug-likeness (QED) is 0.728. The highest BCUT2D eigenvalue weighted by atomic mass is 32.2. The fourth-order valence-corrected chi connectivity index (χ4v) is 6.22. The number of nitrogens with one attached hydrogen (secondary N) is 2. The summed E-state index contributed by atoms with van der Waals surface area (Å²) in [4.78, 5) is 14.1. The van der Waals surface area contributed by atoms with Crippen molar-refractivity contribution in [2.24, 2.45) is 5.92 Å². The molecule has 1 saturated carbocycles. The fourth-order valence-electron chi connectivity index (χ4n) is 3.64. The fraction of sp³-hybridized carbons (Fsp3) is 0.588. The van der Waals surface area contributed by atoms with Crippen molar-refractivity contribution in [1.29, 1.82) is 0 Å². The molecular weight excluding hydrogens is 376 g/mol. The van der Waals surface area contributed by atoms with E-state index in [0.717, 1.165) is 18.4 Å². The molecule has 1 aliphatic carbocycles. The molecule has 1 saturated heterocycles. The minimum absolute atomic E-state index is 0.0412. The Morgan fingerprint density at radius 3 is 2.23 bits per heavy atom. The van der Waals surface area contributed by atoms with Crippen LogP contribution in [-0.4, -0.2) is 34.2 Å². The molecule has 9 heteroatoms. The van der Waals surface area contributed by atoms with Crippen molar-refractivity contribution < 1.29 is 21.6 Å². The van der Waals surface area contributed by atoms with E-state index >= 15 is 0 Å². The van der Waals surface area contributed by atoms with Gasteiger partial charge in [-0.15, -0.1) is 4.83 Å². The first-order valence-corrected chi connectivity index (χ1v) is 12.2. The van der Waals surface area contributed by atoms with Gasteiger partial charge in [-0.1, -0.05) is 31.4 Å². The number of carbonyl (C=O) groups is 1. The second-order valence-electron chi connectivity index (χ2n) is 7.10. The SMILES string of the molecule is O=C(NNS(=O)(=O)c1ccc(C2CCCCC2)cc1)[C@@H]1CCS(=O)(=O)C1. The van der Waals surface area contributed by atoms with Crippen LogP contribution in [-0.2, 0) is 24.7 Å². The minimum Gasteiger partial charge on any atom is -0.277 e. The highest BCUT2D eigenvalue weighted by Crippen LogP contribution is 2.32. The van der Waals surface area contributed by atoms with Gasteiger partial charge in [0.05, 0.1) is 22.3 Å². The molecule has 1 amide bonds. The molecule has 2 aliphatic rings. The van der Waals surface area contributed by atoms with Crippen LogP contribution in [0.15, 0.2) is 29.2 Å². The van der Waals surface area contributed by atoms with Gasteiger partial charge in [-0.25, -0.2) is 16.8 Å². The summed E-state index contributed by atoms with van der Waals surface area (Å²) >= 11 is 0. The van der Waals surface area contributed by atoms with Crippen molar-refractivity contribution in [2.75, 3.05) is 11.5 Å². The molecule has 0 radical (unpaired) electrons. The van der Waals surface area contributed by atoms with Gasteiger partial charge in [0.15, 0.2) is 9.84 Å². The summed E-state index contributed by atoms with van der Waals surface area (Å²) in [6.07, 6.45) is 6.14. The minimum atomic E-state index is -3.89. The smallest absolute Gasteiger partial charge is 0.257 e. The van der Waals surface area contributed by atoms with Crippen molar-refractivity contribution in [1.82, 2.24) is 10.3 Å². The van der Waals surface area contributed by atoms with Crippen molar-refractivity contribution in [2.45, 2.75) is 49.3 Å². The summed E-state index contributed by atoms with van der Waals surface area (Å²) in [5, 5.41) is 0. The zero-order valence-electron chi connectivity index (χ0n) is 14.5. The average molecular weight is 401 g/mol. The third kappa shape index (κ3) is 4.63. The monoisotopic (exact) mass is 400 g/mol. The lowest BCUT2D eigenvalue weighted by Gasteiger charge is -2.22. The molecule has 2 fully saturated rings. The van der Waals surface area contributed by atoms with Crippen LogP contribution in [0.3, 0.4) is 0 Å². The van der Waals surface area contributed by atoms with Crippen molar-refractivity contribution in [3.63, 3.8) is 0 Å². The number of amides is 1. The third-order valence-corrected chi connectivity index (χ3v) is 8.21. The van der Waals surface area contributed by atoms with Crippen molar-refractivity contribution >= 4 is 25.8 Å². The molecule has 1 atom stereocenters. The Balaban J connectivity index is 1.60. The summed E-state index contributed by atoms with van der Waals surface area (Å²) in [6, 6.07) is 6.74. The van der Waals surface area contributed by atoms with Crippen LogP contribution >= 0.6 is 0 Å². The standard InChI is InChI=1S/C17H24N2O5S2/c20-17(15-10-11-25(21,22)12-15)18-19-26(23,24)16-8-6-14(7-9-16)13-4-2-1-3-5-13/h6-9,13,15,19H,1-5,10-12H2,(H,18,20)/t15-/m1/s1. The number of sulfone groups is 1. The molecule has 1 aromatic carbocycles. The van der Waals surface area contributed by atoms with E-state index in [0.29, 0.717) is 5.92 Å². The molecule has 2 N–H and O–H groups in total. The van der Waals surface area contributed by atoms with Gasteiger partial charge in [0.2, 0.25) is 5.91 Å². The lowest BCUT2D eigenvalue weighted by molar-refractivity contribution is -0.124. The zero-order valence-corrected chi connectivity index (χ0v) is 16.1. The largest absolute Gasteiger partial charge is 0.277 e. The van der Waals surface area contributed by atoms with Crippen molar-refractivity contribution in [3.8, 4) is 0 Å². The van der Waals surface area contributed by atoms with Crippen LogP contribution in [0.1, 0.15) is 50.0 Å². The number of carbonyl (C=O) groups excluding carboxylic acids is 1. The number of hydrogen-bond donors (Lipinski definition) is 2. The molecule has 1 aromatic rings. The highest BCUT2D eigenvalue weighted by molar-refractivity contribution is 7.91. The molecule has 0 unspecified atom stereocenters. The Hall–Kier alpha value is -1.45. The highest BCUT2D eigenvalue weighted by Gasteiger charge is 2.33. The molecule has 1 heterocycles. The summed E-state index contributed by atoms with van der Waals surface area (Å²) in [5.41, 5.74) is 3.28. The molecule has 0 spiro atoms. The van der Waals surface area contributed by atoms with Gasteiger partial charge in [-0.05, 0) is 42.9 Å². The van der Waals surface area contributed by atoms with E-state index in [4.69, 9.17) is 0 Å². The summed E-state index contributed by atoms with van der Waals surface area (Å²) < 4.78 is 47.5. The van der Waals surface area contributed by atoms with Crippen LogP contribution in [0.25, 0.3) is 0 Å². The van der Waals surface area contributed by atoms with E-state index < -0.39 is 31.7 Å². The Morgan fingerprint density at radius 2 is 1.65 bits per heavy atom. The predicted molar refractivity (Wildman–Crippen MR) is 97.5 cm³/mol. The summed E-state index contributed by atoms with van der Waals surface area (Å²) in [7, 11) is -7.09. The first-order valence-electron chi connectivity index (χ1n) is 8.89. The Morgan fingerprint density at radius 1 is 1.00 bits per heavy atom. The maximum Gasteiger partial charge on any atom is 0.257 e. The Labute approximate surface area is 154 Å². The van der Waals surface area contributed by atoms with Gasteiger partial charge in [0, 0.05) is 0 Å². The van der Waals surface area contributed by atoms with Crippen LogP contribution < -0.4 is 10.3 Å². The number of hydrogen-bond acceptors (Lipinski definition) is 5. The molecule has 144 valence electrons. The van der Waals surface area contributed by atoms with Gasteiger partial charge in [-0.3, -0.25) is 10.2 Å². The van der Waals surface area contributed by atoms with Gasteiger partial charge in [0.25, 0.3) is 10.0 Å². The summed E-state index contributed by atoms with van der Waals surface area (Å²) in [5.74, 6) is -1.13. The second-order valence-corrected chi connectivity index (χ2v) is 11.0. The molecule has 0 bridgehead atoms. The molecule has 7 nitrogen and oxygen atoms in total. The lowest BCUT2D eigenvalue weighted by Crippen LogP contribution is -2.44. The normalized spacial score (nSPS) is 23.6. The summed E-state index contributed by atoms with van der Waals surface area (Å²) in [6.45, 7) is 0. The van der Waals surface area contributed by atoms with Crippen LogP contribution in [0, 0.1) is 5.92 Å². The molecule has 3 rings (SSSR count). The third-order valence-electron chi connectivity index (χ3n) is 5.18. The van der Waals surface area contributed by atoms with Gasteiger partial charge in [-0.2, -0.15) is 0 Å². The topological polar surface area (TPSA) is 109 Å². The second kappa shape index (κ2) is 7.66. The average Bonchev–Trinajstić information content (AvgIpc) is 3.00. The maximum atomic E-state index is 12.3. The van der Waals surface area contributed by atoms with E-state index in [-0.39, 0.29) is 22.8 Å². The molecular formula is C17H24N2O5S2. The van der Waals surface area contributed by atoms with Gasteiger partial charge in [0.1, 0.15) is 0 Å². The van der Waals surface area contributed by atoms with Crippen LogP contribution in [0.5, 0.6) is 0 Å². The molecule has 0 aromatic heterocycles. The first-order chi connectivity index (χ1) is 12.3. The number of sulfonamides is 1. The van der Waals surface area contributed by atoms with Gasteiger partial charge < -0.3 is 0 Å². The molecule has 26 heavy (non-hydrogen) atoms. The Bertz CT molecular complexity index is 857. The van der Waals surface area contributed by atoms with E-state index in [2.05, 4.69) is 10.3 Å². The van der Waals surface area contributed by atoms with Gasteiger partial charge >= 0.3 is 0 Å². The van der Waals surface area contributed by atoms with E-state index in [1.54, 1.807) is 12.1 Å². The van der Waals surface area contributed by atoms with E-state index in [1.165, 1.54) is 19.3 Å².